The fourth-order valence-electron chi connectivity index (χ4n) is 1.79. The van der Waals surface area contributed by atoms with Crippen LogP contribution >= 0.6 is 54.5 Å². The highest BCUT2D eigenvalue weighted by Gasteiger charge is 2.08. The molecular weight excluding hydrogens is 471 g/mol. The lowest BCUT2D eigenvalue weighted by Gasteiger charge is -1.95. The molecule has 0 unspecified atom stereocenters. The first kappa shape index (κ1) is 12.6. The fourth-order valence-corrected chi connectivity index (χ4v) is 3.46. The highest BCUT2D eigenvalue weighted by molar-refractivity contribution is 14.1. The van der Waals surface area contributed by atoms with E-state index in [2.05, 4.69) is 88.7 Å². The second-order valence-electron chi connectivity index (χ2n) is 3.88. The van der Waals surface area contributed by atoms with Crippen molar-refractivity contribution in [2.75, 3.05) is 0 Å². The molecule has 0 amide bonds. The Bertz CT molecular complexity index is 720. The van der Waals surface area contributed by atoms with E-state index in [-0.39, 0.29) is 0 Å². The van der Waals surface area contributed by atoms with Crippen molar-refractivity contribution in [3.8, 4) is 11.4 Å². The zero-order chi connectivity index (χ0) is 12.7. The maximum absolute atomic E-state index is 4.63. The van der Waals surface area contributed by atoms with Crippen molar-refractivity contribution in [1.29, 1.82) is 0 Å². The number of imidazole rings is 1. The first-order valence-corrected chi connectivity index (χ1v) is 7.90. The average Bonchev–Trinajstić information content (AvgIpc) is 2.74. The molecule has 2 aromatic carbocycles. The predicted octanol–water partition coefficient (Wildman–Crippen LogP) is 5.36. The van der Waals surface area contributed by atoms with Crippen molar-refractivity contribution in [1.82, 2.24) is 9.97 Å². The summed E-state index contributed by atoms with van der Waals surface area (Å²) in [6.45, 7) is 0. The van der Waals surface area contributed by atoms with Crippen LogP contribution in [-0.2, 0) is 0 Å². The van der Waals surface area contributed by atoms with Crippen molar-refractivity contribution in [2.45, 2.75) is 0 Å². The van der Waals surface area contributed by atoms with Gasteiger partial charge in [-0.05, 0) is 62.8 Å². The van der Waals surface area contributed by atoms with Crippen LogP contribution in [0, 0.1) is 3.57 Å². The van der Waals surface area contributed by atoms with Crippen molar-refractivity contribution in [2.24, 2.45) is 0 Å². The molecule has 0 fully saturated rings. The van der Waals surface area contributed by atoms with Crippen LogP contribution in [-0.4, -0.2) is 9.97 Å². The van der Waals surface area contributed by atoms with E-state index in [1.165, 1.54) is 3.57 Å². The standard InChI is InChI=1S/C13H7Br2IN2/c14-8-5-10(15)12-11(6-8)17-13(18-12)7-1-3-9(16)4-2-7/h1-6H,(H,17,18). The molecule has 90 valence electrons. The topological polar surface area (TPSA) is 28.7 Å². The molecule has 0 atom stereocenters. The Morgan fingerprint density at radius 2 is 1.78 bits per heavy atom. The summed E-state index contributed by atoms with van der Waals surface area (Å²) in [6.07, 6.45) is 0. The molecule has 3 aromatic rings. The number of aromatic amines is 1. The molecular formula is C13H7Br2IN2. The van der Waals surface area contributed by atoms with Gasteiger partial charge in [0.05, 0.1) is 5.52 Å². The second kappa shape index (κ2) is 4.94. The molecule has 1 heterocycles. The molecule has 0 aliphatic rings. The average molecular weight is 478 g/mol. The van der Waals surface area contributed by atoms with Crippen LogP contribution in [0.5, 0.6) is 0 Å². The largest absolute Gasteiger partial charge is 0.338 e. The molecule has 5 heteroatoms. The smallest absolute Gasteiger partial charge is 0.138 e. The number of aromatic nitrogens is 2. The first-order valence-electron chi connectivity index (χ1n) is 5.24. The van der Waals surface area contributed by atoms with Crippen LogP contribution in [0.2, 0.25) is 0 Å². The summed E-state index contributed by atoms with van der Waals surface area (Å²) in [7, 11) is 0. The lowest BCUT2D eigenvalue weighted by molar-refractivity contribution is 1.33. The molecule has 0 bridgehead atoms. The van der Waals surface area contributed by atoms with Gasteiger partial charge in [0.2, 0.25) is 0 Å². The monoisotopic (exact) mass is 476 g/mol. The number of nitrogens with one attached hydrogen (secondary N) is 1. The highest BCUT2D eigenvalue weighted by Crippen LogP contribution is 2.29. The van der Waals surface area contributed by atoms with Gasteiger partial charge < -0.3 is 4.98 Å². The predicted molar refractivity (Wildman–Crippen MR) is 89.6 cm³/mol. The van der Waals surface area contributed by atoms with Gasteiger partial charge in [-0.25, -0.2) is 4.98 Å². The lowest BCUT2D eigenvalue weighted by atomic mass is 10.2. The van der Waals surface area contributed by atoms with Crippen LogP contribution in [0.3, 0.4) is 0 Å². The zero-order valence-corrected chi connectivity index (χ0v) is 14.4. The minimum atomic E-state index is 0.889. The van der Waals surface area contributed by atoms with E-state index in [0.717, 1.165) is 31.4 Å². The van der Waals surface area contributed by atoms with Crippen LogP contribution in [0.25, 0.3) is 22.4 Å². The molecule has 18 heavy (non-hydrogen) atoms. The summed E-state index contributed by atoms with van der Waals surface area (Å²) in [5, 5.41) is 0. The Kier molecular flexibility index (Phi) is 3.46. The zero-order valence-electron chi connectivity index (χ0n) is 9.05. The van der Waals surface area contributed by atoms with E-state index in [0.29, 0.717) is 0 Å². The van der Waals surface area contributed by atoms with Gasteiger partial charge in [-0.2, -0.15) is 0 Å². The maximum Gasteiger partial charge on any atom is 0.138 e. The minimum absolute atomic E-state index is 0.889. The third kappa shape index (κ3) is 2.35. The third-order valence-corrected chi connectivity index (χ3v) is 4.40. The van der Waals surface area contributed by atoms with Crippen LogP contribution < -0.4 is 0 Å². The Morgan fingerprint density at radius 3 is 2.50 bits per heavy atom. The summed E-state index contributed by atoms with van der Waals surface area (Å²) in [4.78, 5) is 7.97. The van der Waals surface area contributed by atoms with Gasteiger partial charge in [0.25, 0.3) is 0 Å². The summed E-state index contributed by atoms with van der Waals surface area (Å²) in [6, 6.07) is 12.3. The van der Waals surface area contributed by atoms with Crippen molar-refractivity contribution >= 4 is 65.5 Å². The molecule has 1 N–H and O–H groups in total. The lowest BCUT2D eigenvalue weighted by Crippen LogP contribution is -1.80. The summed E-state index contributed by atoms with van der Waals surface area (Å²) >= 11 is 9.31. The molecule has 0 saturated heterocycles. The number of hydrogen-bond donors (Lipinski definition) is 1. The number of hydrogen-bond acceptors (Lipinski definition) is 1. The molecule has 0 aliphatic heterocycles. The summed E-state index contributed by atoms with van der Waals surface area (Å²) in [5.41, 5.74) is 3.06. The summed E-state index contributed by atoms with van der Waals surface area (Å²) in [5.74, 6) is 0.889. The number of nitrogens with zero attached hydrogens (tertiary/aromatic N) is 1. The SMILES string of the molecule is Brc1cc(Br)c2nc(-c3ccc(I)cc3)[nH]c2c1. The van der Waals surface area contributed by atoms with Crippen molar-refractivity contribution in [3.05, 3.63) is 48.9 Å². The molecule has 0 saturated carbocycles. The Hall–Kier alpha value is -0.400. The van der Waals surface area contributed by atoms with E-state index in [9.17, 15) is 0 Å². The van der Waals surface area contributed by atoms with E-state index in [1.807, 2.05) is 12.1 Å². The van der Waals surface area contributed by atoms with Crippen LogP contribution in [0.1, 0.15) is 0 Å². The number of fused-ring (bicyclic) bond motifs is 1. The normalized spacial score (nSPS) is 11.1. The van der Waals surface area contributed by atoms with Gasteiger partial charge in [0.1, 0.15) is 11.3 Å². The van der Waals surface area contributed by atoms with Gasteiger partial charge in [-0.1, -0.05) is 28.1 Å². The first-order chi connectivity index (χ1) is 8.63. The van der Waals surface area contributed by atoms with Gasteiger partial charge in [0, 0.05) is 18.1 Å². The molecule has 0 radical (unpaired) electrons. The number of halogens is 3. The Balaban J connectivity index is 2.19. The van der Waals surface area contributed by atoms with E-state index in [1.54, 1.807) is 0 Å². The third-order valence-electron chi connectivity index (χ3n) is 2.62. The number of benzene rings is 2. The second-order valence-corrected chi connectivity index (χ2v) is 6.89. The van der Waals surface area contributed by atoms with Crippen molar-refractivity contribution in [3.63, 3.8) is 0 Å². The van der Waals surface area contributed by atoms with Crippen LogP contribution in [0.15, 0.2) is 45.3 Å². The number of rotatable bonds is 1. The number of H-pyrrole nitrogens is 1. The van der Waals surface area contributed by atoms with Gasteiger partial charge in [-0.15, -0.1) is 0 Å². The fraction of sp³-hybridized carbons (Fsp3) is 0. The van der Waals surface area contributed by atoms with Gasteiger partial charge in [-0.3, -0.25) is 0 Å². The van der Waals surface area contributed by atoms with E-state index >= 15 is 0 Å². The molecule has 3 rings (SSSR count). The summed E-state index contributed by atoms with van der Waals surface area (Å²) < 4.78 is 3.23. The van der Waals surface area contributed by atoms with Gasteiger partial charge >= 0.3 is 0 Å². The minimum Gasteiger partial charge on any atom is -0.338 e. The van der Waals surface area contributed by atoms with Crippen molar-refractivity contribution < 1.29 is 0 Å². The Morgan fingerprint density at radius 1 is 1.06 bits per heavy atom. The maximum atomic E-state index is 4.63. The Labute approximate surface area is 135 Å². The molecule has 1 aromatic heterocycles. The van der Waals surface area contributed by atoms with Crippen LogP contribution in [0.4, 0.5) is 0 Å². The van der Waals surface area contributed by atoms with E-state index < -0.39 is 0 Å². The molecule has 2 nitrogen and oxygen atoms in total. The van der Waals surface area contributed by atoms with Gasteiger partial charge in [0.15, 0.2) is 0 Å². The molecule has 0 spiro atoms. The quantitative estimate of drug-likeness (QED) is 0.470. The highest BCUT2D eigenvalue weighted by atomic mass is 127. The molecule has 0 aliphatic carbocycles. The van der Waals surface area contributed by atoms with E-state index in [4.69, 9.17) is 0 Å².